The van der Waals surface area contributed by atoms with E-state index in [4.69, 9.17) is 29.2 Å². The second-order valence-electron chi connectivity index (χ2n) is 5.30. The number of hydrogen-bond donors (Lipinski definition) is 2. The summed E-state index contributed by atoms with van der Waals surface area (Å²) in [4.78, 5) is 22.3. The molecule has 0 saturated heterocycles. The number of ether oxygens (including phenoxy) is 4. The zero-order valence-electron chi connectivity index (χ0n) is 16.2. The van der Waals surface area contributed by atoms with Crippen LogP contribution in [0.3, 0.4) is 0 Å². The summed E-state index contributed by atoms with van der Waals surface area (Å²) in [5, 5.41) is 17.3. The van der Waals surface area contributed by atoms with Crippen molar-refractivity contribution in [1.29, 1.82) is 0 Å². The van der Waals surface area contributed by atoms with Crippen LogP contribution >= 0.6 is 0 Å². The van der Waals surface area contributed by atoms with Crippen molar-refractivity contribution in [3.8, 4) is 23.0 Å². The molecule has 0 amide bonds. The Balaban J connectivity index is 0.000000280. The minimum absolute atomic E-state index is 0.342. The highest BCUT2D eigenvalue weighted by atomic mass is 16.5. The molecule has 0 bridgehead atoms. The monoisotopic (exact) mass is 392 g/mol. The van der Waals surface area contributed by atoms with Gasteiger partial charge in [-0.15, -0.1) is 0 Å². The molecule has 2 aromatic rings. The van der Waals surface area contributed by atoms with Gasteiger partial charge in [0.05, 0.1) is 28.4 Å². The number of aliphatic hydroxyl groups is 2. The van der Waals surface area contributed by atoms with E-state index >= 15 is 0 Å². The molecule has 0 saturated carbocycles. The molecule has 28 heavy (non-hydrogen) atoms. The van der Waals surface area contributed by atoms with Crippen LogP contribution in [-0.4, -0.2) is 63.4 Å². The minimum Gasteiger partial charge on any atom is -0.493 e. The first-order valence-corrected chi connectivity index (χ1v) is 8.17. The predicted molar refractivity (Wildman–Crippen MR) is 102 cm³/mol. The van der Waals surface area contributed by atoms with Gasteiger partial charge in [0.25, 0.3) is 0 Å². The molecule has 0 aliphatic heterocycles. The van der Waals surface area contributed by atoms with E-state index in [1.807, 2.05) is 0 Å². The molecule has 2 N–H and O–H groups in total. The second-order valence-corrected chi connectivity index (χ2v) is 5.30. The second kappa shape index (κ2) is 11.6. The fraction of sp³-hybridized carbons (Fsp3) is 0.300. The molecule has 0 atom stereocenters. The van der Waals surface area contributed by atoms with Crippen LogP contribution in [0.5, 0.6) is 23.0 Å². The van der Waals surface area contributed by atoms with Crippen molar-refractivity contribution in [3.05, 3.63) is 47.5 Å². The van der Waals surface area contributed by atoms with Crippen LogP contribution in [0.4, 0.5) is 0 Å². The summed E-state index contributed by atoms with van der Waals surface area (Å²) in [5.74, 6) is 1.39. The van der Waals surface area contributed by atoms with E-state index in [0.717, 1.165) is 0 Å². The van der Waals surface area contributed by atoms with Gasteiger partial charge in [-0.25, -0.2) is 0 Å². The lowest BCUT2D eigenvalue weighted by Gasteiger charge is -2.08. The Kier molecular flexibility index (Phi) is 9.49. The van der Waals surface area contributed by atoms with Crippen molar-refractivity contribution in [3.63, 3.8) is 0 Å². The lowest BCUT2D eigenvalue weighted by molar-refractivity contribution is 0.0897. The van der Waals surface area contributed by atoms with Gasteiger partial charge in [0.15, 0.2) is 34.6 Å². The van der Waals surface area contributed by atoms with Gasteiger partial charge < -0.3 is 29.2 Å². The van der Waals surface area contributed by atoms with Crippen LogP contribution in [0.15, 0.2) is 36.4 Å². The normalized spacial score (nSPS) is 9.64. The zero-order valence-corrected chi connectivity index (χ0v) is 16.2. The summed E-state index contributed by atoms with van der Waals surface area (Å²) in [6, 6.07) is 9.50. The molecular formula is C20H24O8. The summed E-state index contributed by atoms with van der Waals surface area (Å²) in [7, 11) is 6.02. The van der Waals surface area contributed by atoms with Crippen molar-refractivity contribution in [2.75, 3.05) is 41.7 Å². The van der Waals surface area contributed by atoms with E-state index in [1.54, 1.807) is 24.3 Å². The Morgan fingerprint density at radius 2 is 0.964 bits per heavy atom. The largest absolute Gasteiger partial charge is 0.493 e. The number of carbonyl (C=O) groups is 2. The van der Waals surface area contributed by atoms with Gasteiger partial charge in [-0.05, 0) is 36.4 Å². The van der Waals surface area contributed by atoms with E-state index in [9.17, 15) is 9.59 Å². The number of aliphatic hydroxyl groups excluding tert-OH is 2. The molecule has 0 aliphatic rings. The van der Waals surface area contributed by atoms with Gasteiger partial charge in [0.1, 0.15) is 13.2 Å². The maximum atomic E-state index is 11.1. The smallest absolute Gasteiger partial charge is 0.188 e. The Hall–Kier alpha value is -3.10. The Morgan fingerprint density at radius 3 is 1.21 bits per heavy atom. The third-order valence-corrected chi connectivity index (χ3v) is 3.70. The molecule has 8 nitrogen and oxygen atoms in total. The topological polar surface area (TPSA) is 112 Å². The first-order chi connectivity index (χ1) is 13.4. The van der Waals surface area contributed by atoms with Crippen molar-refractivity contribution in [2.45, 2.75) is 0 Å². The summed E-state index contributed by atoms with van der Waals surface area (Å²) in [5.41, 5.74) is 0.815. The lowest BCUT2D eigenvalue weighted by Crippen LogP contribution is -2.04. The Morgan fingerprint density at radius 1 is 0.643 bits per heavy atom. The number of Topliss-reactive ketones (excluding diaryl/α,β-unsaturated/α-hetero) is 2. The Bertz CT molecular complexity index is 733. The van der Waals surface area contributed by atoms with Gasteiger partial charge >= 0.3 is 0 Å². The highest BCUT2D eigenvalue weighted by Gasteiger charge is 2.10. The fourth-order valence-electron chi connectivity index (χ4n) is 2.20. The number of ketones is 2. The van der Waals surface area contributed by atoms with Gasteiger partial charge in [-0.2, -0.15) is 0 Å². The van der Waals surface area contributed by atoms with Crippen LogP contribution < -0.4 is 18.9 Å². The Labute approximate surface area is 163 Å². The van der Waals surface area contributed by atoms with Crippen molar-refractivity contribution < 1.29 is 38.7 Å². The van der Waals surface area contributed by atoms with E-state index in [1.165, 1.54) is 40.6 Å². The third-order valence-electron chi connectivity index (χ3n) is 3.70. The summed E-state index contributed by atoms with van der Waals surface area (Å²) < 4.78 is 20.0. The first kappa shape index (κ1) is 22.9. The molecular weight excluding hydrogens is 368 g/mol. The molecule has 0 aliphatic carbocycles. The molecule has 0 unspecified atom stereocenters. The molecule has 0 spiro atoms. The summed E-state index contributed by atoms with van der Waals surface area (Å²) >= 11 is 0. The minimum atomic E-state index is -0.504. The molecule has 0 radical (unpaired) electrons. The molecule has 152 valence electrons. The fourth-order valence-corrected chi connectivity index (χ4v) is 2.20. The number of methoxy groups -OCH3 is 4. The zero-order chi connectivity index (χ0) is 21.1. The van der Waals surface area contributed by atoms with Crippen molar-refractivity contribution in [2.24, 2.45) is 0 Å². The van der Waals surface area contributed by atoms with E-state index in [0.29, 0.717) is 34.1 Å². The maximum Gasteiger partial charge on any atom is 0.188 e. The van der Waals surface area contributed by atoms with Crippen molar-refractivity contribution in [1.82, 2.24) is 0 Å². The number of benzene rings is 2. The van der Waals surface area contributed by atoms with Gasteiger partial charge in [0.2, 0.25) is 0 Å². The maximum absolute atomic E-state index is 11.1. The highest BCUT2D eigenvalue weighted by molar-refractivity contribution is 5.98. The summed E-state index contributed by atoms with van der Waals surface area (Å²) in [6.45, 7) is -1.01. The SMILES string of the molecule is COc1ccc(C(=O)CO)cc1OC.COc1ccc(C(=O)CO)cc1OC. The third kappa shape index (κ3) is 5.97. The molecule has 0 aromatic heterocycles. The highest BCUT2D eigenvalue weighted by Crippen LogP contribution is 2.28. The molecule has 0 fully saturated rings. The first-order valence-electron chi connectivity index (χ1n) is 8.17. The average molecular weight is 392 g/mol. The van der Waals surface area contributed by atoms with Crippen LogP contribution in [0.1, 0.15) is 20.7 Å². The number of hydrogen-bond acceptors (Lipinski definition) is 8. The lowest BCUT2D eigenvalue weighted by atomic mass is 10.1. The van der Waals surface area contributed by atoms with Crippen molar-refractivity contribution >= 4 is 11.6 Å². The van der Waals surface area contributed by atoms with Crippen LogP contribution in [0.25, 0.3) is 0 Å². The van der Waals surface area contributed by atoms with Crippen LogP contribution in [-0.2, 0) is 0 Å². The predicted octanol–water partition coefficient (Wildman–Crippen LogP) is 1.76. The van der Waals surface area contributed by atoms with Gasteiger partial charge in [-0.3, -0.25) is 9.59 Å². The van der Waals surface area contributed by atoms with Gasteiger partial charge in [-0.1, -0.05) is 0 Å². The average Bonchev–Trinajstić information content (AvgIpc) is 2.77. The standard InChI is InChI=1S/2C10H12O4/c2*1-13-9-4-3-7(8(12)6-11)5-10(9)14-2/h2*3-5,11H,6H2,1-2H3. The number of rotatable bonds is 8. The quantitative estimate of drug-likeness (QED) is 0.654. The summed E-state index contributed by atoms with van der Waals surface area (Å²) in [6.07, 6.45) is 0. The molecule has 0 heterocycles. The molecule has 2 rings (SSSR count). The van der Waals surface area contributed by atoms with E-state index < -0.39 is 13.2 Å². The van der Waals surface area contributed by atoms with Crippen LogP contribution in [0, 0.1) is 0 Å². The van der Waals surface area contributed by atoms with Crippen LogP contribution in [0.2, 0.25) is 0 Å². The van der Waals surface area contributed by atoms with Gasteiger partial charge in [0, 0.05) is 11.1 Å². The number of carbonyl (C=O) groups excluding carboxylic acids is 2. The van der Waals surface area contributed by atoms with E-state index in [2.05, 4.69) is 0 Å². The van der Waals surface area contributed by atoms with E-state index in [-0.39, 0.29) is 11.6 Å². The molecule has 2 aromatic carbocycles. The molecule has 8 heteroatoms.